The van der Waals surface area contributed by atoms with Gasteiger partial charge in [-0.1, -0.05) is 19.3 Å². The monoisotopic (exact) mass is 416 g/mol. The number of carbonyl (C=O) groups is 1. The molecule has 4 rings (SSSR count). The lowest BCUT2D eigenvalue weighted by molar-refractivity contribution is 0.0449. The van der Waals surface area contributed by atoms with Crippen LogP contribution >= 0.6 is 11.8 Å². The average molecular weight is 417 g/mol. The second kappa shape index (κ2) is 10.3. The van der Waals surface area contributed by atoms with Gasteiger partial charge in [-0.05, 0) is 57.3 Å². The van der Waals surface area contributed by atoms with E-state index in [1.165, 1.54) is 58.0 Å². The number of rotatable bonds is 5. The molecule has 0 spiro atoms. The Hall–Kier alpha value is -1.11. The highest BCUT2D eigenvalue weighted by Gasteiger charge is 2.29. The van der Waals surface area contributed by atoms with Crippen LogP contribution in [0.4, 0.5) is 0 Å². The van der Waals surface area contributed by atoms with Crippen LogP contribution in [0.5, 0.6) is 0 Å². The number of aromatic nitrogens is 1. The first-order chi connectivity index (χ1) is 14.2. The van der Waals surface area contributed by atoms with Gasteiger partial charge in [0.1, 0.15) is 5.03 Å². The van der Waals surface area contributed by atoms with Crippen LogP contribution in [-0.2, 0) is 0 Å². The van der Waals surface area contributed by atoms with E-state index in [9.17, 15) is 4.79 Å². The first-order valence-electron chi connectivity index (χ1n) is 11.5. The number of likely N-dealkylation sites (N-methyl/N-ethyl adjacent to an activating group) is 1. The van der Waals surface area contributed by atoms with E-state index in [0.29, 0.717) is 6.04 Å². The van der Waals surface area contributed by atoms with E-state index in [4.69, 9.17) is 0 Å². The molecular formula is C23H36N4OS. The number of hydrogen-bond acceptors (Lipinski definition) is 5. The van der Waals surface area contributed by atoms with Crippen molar-refractivity contribution in [3.63, 3.8) is 0 Å². The van der Waals surface area contributed by atoms with E-state index in [0.717, 1.165) is 48.4 Å². The minimum absolute atomic E-state index is 0.171. The van der Waals surface area contributed by atoms with Gasteiger partial charge >= 0.3 is 0 Å². The molecule has 3 fully saturated rings. The zero-order valence-corrected chi connectivity index (χ0v) is 18.7. The molecule has 2 aliphatic heterocycles. The van der Waals surface area contributed by atoms with Gasteiger partial charge in [0.25, 0.3) is 5.91 Å². The van der Waals surface area contributed by atoms with Crippen molar-refractivity contribution < 1.29 is 4.79 Å². The highest BCUT2D eigenvalue weighted by Crippen LogP contribution is 2.31. The first-order valence-corrected chi connectivity index (χ1v) is 12.5. The maximum Gasteiger partial charge on any atom is 0.256 e. The summed E-state index contributed by atoms with van der Waals surface area (Å²) in [5.74, 6) is 2.06. The minimum atomic E-state index is 0.171. The van der Waals surface area contributed by atoms with Crippen molar-refractivity contribution >= 4 is 17.7 Å². The summed E-state index contributed by atoms with van der Waals surface area (Å²) in [4.78, 5) is 24.9. The van der Waals surface area contributed by atoms with Crippen LogP contribution in [0.3, 0.4) is 0 Å². The van der Waals surface area contributed by atoms with Crippen molar-refractivity contribution in [2.75, 3.05) is 52.1 Å². The lowest BCUT2D eigenvalue weighted by Gasteiger charge is -2.42. The quantitative estimate of drug-likeness (QED) is 0.686. The Labute approximate surface area is 180 Å². The number of likely N-dealkylation sites (tertiary alicyclic amines) is 1. The number of carbonyl (C=O) groups excluding carboxylic acids is 1. The molecule has 1 atom stereocenters. The molecule has 1 amide bonds. The Balaban J connectivity index is 1.32. The third-order valence-electron chi connectivity index (χ3n) is 6.90. The lowest BCUT2D eigenvalue weighted by Crippen LogP contribution is -2.55. The van der Waals surface area contributed by atoms with E-state index in [2.05, 4.69) is 21.8 Å². The van der Waals surface area contributed by atoms with Crippen LogP contribution in [0.25, 0.3) is 0 Å². The third kappa shape index (κ3) is 5.53. The van der Waals surface area contributed by atoms with Gasteiger partial charge in [-0.3, -0.25) is 9.69 Å². The molecular weight excluding hydrogens is 380 g/mol. The van der Waals surface area contributed by atoms with E-state index in [-0.39, 0.29) is 5.91 Å². The zero-order chi connectivity index (χ0) is 20.1. The normalized spacial score (nSPS) is 25.3. The predicted octanol–water partition coefficient (Wildman–Crippen LogP) is 3.61. The summed E-state index contributed by atoms with van der Waals surface area (Å²) >= 11 is 1.79. The van der Waals surface area contributed by atoms with Crippen LogP contribution in [-0.4, -0.2) is 83.7 Å². The summed E-state index contributed by atoms with van der Waals surface area (Å²) in [5.41, 5.74) is 0.805. The molecule has 6 heteroatoms. The SMILES string of the molecule is CN1CCCC(N2CCN(C(=O)c3cccnc3SCC3CCCCC3)CC2)C1. The largest absolute Gasteiger partial charge is 0.336 e. The Bertz CT molecular complexity index is 671. The molecule has 0 N–H and O–H groups in total. The van der Waals surface area contributed by atoms with Crippen molar-refractivity contribution in [1.29, 1.82) is 0 Å². The maximum atomic E-state index is 13.3. The number of hydrogen-bond donors (Lipinski definition) is 0. The smallest absolute Gasteiger partial charge is 0.256 e. The number of piperazine rings is 1. The number of pyridine rings is 1. The number of nitrogens with zero attached hydrogens (tertiary/aromatic N) is 4. The van der Waals surface area contributed by atoms with Crippen LogP contribution in [0.2, 0.25) is 0 Å². The van der Waals surface area contributed by atoms with E-state index < -0.39 is 0 Å². The molecule has 3 heterocycles. The van der Waals surface area contributed by atoms with Crippen LogP contribution in [0.15, 0.2) is 23.4 Å². The van der Waals surface area contributed by atoms with Gasteiger partial charge < -0.3 is 9.80 Å². The summed E-state index contributed by atoms with van der Waals surface area (Å²) < 4.78 is 0. The van der Waals surface area contributed by atoms with Crippen molar-refractivity contribution in [3.8, 4) is 0 Å². The topological polar surface area (TPSA) is 39.7 Å². The molecule has 0 aromatic carbocycles. The summed E-state index contributed by atoms with van der Waals surface area (Å²) in [6, 6.07) is 4.54. The molecule has 1 aromatic heterocycles. The van der Waals surface area contributed by atoms with Gasteiger partial charge in [-0.25, -0.2) is 4.98 Å². The van der Waals surface area contributed by atoms with Gasteiger partial charge in [0.15, 0.2) is 0 Å². The fourth-order valence-electron chi connectivity index (χ4n) is 5.12. The van der Waals surface area contributed by atoms with Crippen molar-refractivity contribution in [3.05, 3.63) is 23.9 Å². The summed E-state index contributed by atoms with van der Waals surface area (Å²) in [7, 11) is 2.22. The molecule has 29 heavy (non-hydrogen) atoms. The van der Waals surface area contributed by atoms with Crippen molar-refractivity contribution in [1.82, 2.24) is 19.7 Å². The van der Waals surface area contributed by atoms with E-state index in [1.807, 2.05) is 23.2 Å². The molecule has 1 saturated carbocycles. The number of amides is 1. The Morgan fingerprint density at radius 1 is 1.07 bits per heavy atom. The van der Waals surface area contributed by atoms with Gasteiger partial charge in [0.05, 0.1) is 5.56 Å². The molecule has 160 valence electrons. The molecule has 2 saturated heterocycles. The number of piperidine rings is 1. The molecule has 1 unspecified atom stereocenters. The standard InChI is InChI=1S/C23H36N4OS/c1-25-12-6-9-20(17-25)26-13-15-27(16-14-26)23(28)21-10-5-11-24-22(21)29-18-19-7-3-2-4-8-19/h5,10-11,19-20H,2-4,6-9,12-18H2,1H3. The predicted molar refractivity (Wildman–Crippen MR) is 120 cm³/mol. The molecule has 0 bridgehead atoms. The van der Waals surface area contributed by atoms with Crippen LogP contribution in [0.1, 0.15) is 55.3 Å². The zero-order valence-electron chi connectivity index (χ0n) is 17.9. The Kier molecular flexibility index (Phi) is 7.49. The average Bonchev–Trinajstić information content (AvgIpc) is 2.78. The fraction of sp³-hybridized carbons (Fsp3) is 0.739. The van der Waals surface area contributed by atoms with Crippen LogP contribution in [0, 0.1) is 5.92 Å². The summed E-state index contributed by atoms with van der Waals surface area (Å²) in [6.45, 7) is 6.04. The summed E-state index contributed by atoms with van der Waals surface area (Å²) in [6.07, 6.45) is 11.2. The highest BCUT2D eigenvalue weighted by atomic mass is 32.2. The third-order valence-corrected chi connectivity index (χ3v) is 8.14. The lowest BCUT2D eigenvalue weighted by atomic mass is 9.91. The van der Waals surface area contributed by atoms with Gasteiger partial charge in [-0.2, -0.15) is 0 Å². The van der Waals surface area contributed by atoms with Gasteiger partial charge in [-0.15, -0.1) is 11.8 Å². The highest BCUT2D eigenvalue weighted by molar-refractivity contribution is 7.99. The van der Waals surface area contributed by atoms with Crippen molar-refractivity contribution in [2.24, 2.45) is 5.92 Å². The van der Waals surface area contributed by atoms with Gasteiger partial charge in [0, 0.05) is 50.7 Å². The molecule has 1 aromatic rings. The maximum absolute atomic E-state index is 13.3. The van der Waals surface area contributed by atoms with Crippen LogP contribution < -0.4 is 0 Å². The minimum Gasteiger partial charge on any atom is -0.336 e. The second-order valence-corrected chi connectivity index (χ2v) is 10.1. The number of thioether (sulfide) groups is 1. The van der Waals surface area contributed by atoms with Gasteiger partial charge in [0.2, 0.25) is 0 Å². The molecule has 5 nitrogen and oxygen atoms in total. The Morgan fingerprint density at radius 2 is 1.86 bits per heavy atom. The molecule has 3 aliphatic rings. The Morgan fingerprint density at radius 3 is 2.62 bits per heavy atom. The second-order valence-electron chi connectivity index (χ2n) is 9.06. The molecule has 1 aliphatic carbocycles. The summed E-state index contributed by atoms with van der Waals surface area (Å²) in [5, 5.41) is 0.930. The van der Waals surface area contributed by atoms with E-state index >= 15 is 0 Å². The molecule has 0 radical (unpaired) electrons. The van der Waals surface area contributed by atoms with Crippen molar-refractivity contribution in [2.45, 2.75) is 56.0 Å². The fourth-order valence-corrected chi connectivity index (χ4v) is 6.29. The first kappa shape index (κ1) is 21.1. The van der Waals surface area contributed by atoms with E-state index in [1.54, 1.807) is 11.8 Å².